The number of fused-ring (bicyclic) bond motifs is 4. The minimum absolute atomic E-state index is 0.246. The summed E-state index contributed by atoms with van der Waals surface area (Å²) in [4.78, 5) is 15.9. The molecule has 5 rings (SSSR count). The Morgan fingerprint density at radius 1 is 1.18 bits per heavy atom. The van der Waals surface area contributed by atoms with Gasteiger partial charge in [0.05, 0.1) is 0 Å². The molecule has 1 saturated carbocycles. The average molecular weight is 415 g/mol. The summed E-state index contributed by atoms with van der Waals surface area (Å²) in [6.45, 7) is 6.05. The van der Waals surface area contributed by atoms with Gasteiger partial charge in [-0.1, -0.05) is 43.2 Å². The van der Waals surface area contributed by atoms with Crippen molar-refractivity contribution in [1.29, 1.82) is 0 Å². The number of hydrogen-bond donors (Lipinski definition) is 0. The summed E-state index contributed by atoms with van der Waals surface area (Å²) in [7, 11) is 0. The van der Waals surface area contributed by atoms with Gasteiger partial charge >= 0.3 is 0 Å². The first kappa shape index (κ1) is 18.4. The molecule has 2 aliphatic carbocycles. The smallest absolute Gasteiger partial charge is 0.238 e. The van der Waals surface area contributed by atoms with Crippen LogP contribution in [0.3, 0.4) is 0 Å². The third-order valence-corrected chi connectivity index (χ3v) is 8.42. The summed E-state index contributed by atoms with van der Waals surface area (Å²) in [5, 5.41) is 9.94. The van der Waals surface area contributed by atoms with Gasteiger partial charge in [0, 0.05) is 22.2 Å². The van der Waals surface area contributed by atoms with Crippen LogP contribution >= 0.6 is 23.1 Å². The minimum atomic E-state index is 0.246. The van der Waals surface area contributed by atoms with E-state index in [9.17, 15) is 4.79 Å². The summed E-state index contributed by atoms with van der Waals surface area (Å²) < 4.78 is 4.40. The Kier molecular flexibility index (Phi) is 4.83. The van der Waals surface area contributed by atoms with Crippen LogP contribution in [0, 0.1) is 0 Å². The van der Waals surface area contributed by atoms with Crippen molar-refractivity contribution in [2.45, 2.75) is 75.9 Å². The highest BCUT2D eigenvalue weighted by molar-refractivity contribution is 7.99. The summed E-state index contributed by atoms with van der Waals surface area (Å²) in [5.74, 6) is 1.67. The van der Waals surface area contributed by atoms with E-state index >= 15 is 0 Å². The summed E-state index contributed by atoms with van der Waals surface area (Å²) in [6, 6.07) is 0.360. The molecule has 3 aromatic rings. The molecule has 3 aromatic heterocycles. The lowest BCUT2D eigenvalue weighted by Crippen LogP contribution is -2.20. The number of nitrogens with zero attached hydrogens (tertiary/aromatic N) is 4. The summed E-state index contributed by atoms with van der Waals surface area (Å²) in [6.07, 6.45) is 10.3. The Morgan fingerprint density at radius 2 is 1.96 bits per heavy atom. The van der Waals surface area contributed by atoms with E-state index in [0.29, 0.717) is 6.04 Å². The third-order valence-electron chi connectivity index (χ3n) is 5.99. The topological polar surface area (TPSA) is 52.2 Å². The second kappa shape index (κ2) is 7.34. The standard InChI is InChI=1S/C21H26N4OS2/c1-13(2)12-27-21-23-22-20-24(14-8-4-3-5-9-14)17-18(26)15-10-6-7-11-16(15)28-19(17)25(20)21/h14H,1,3-12H2,2H3. The predicted octanol–water partition coefficient (Wildman–Crippen LogP) is 5.16. The van der Waals surface area contributed by atoms with Crippen molar-refractivity contribution in [2.75, 3.05) is 5.75 Å². The van der Waals surface area contributed by atoms with Crippen molar-refractivity contribution in [3.8, 4) is 0 Å². The van der Waals surface area contributed by atoms with Gasteiger partial charge in [-0.3, -0.25) is 4.79 Å². The van der Waals surface area contributed by atoms with Crippen LogP contribution in [0.2, 0.25) is 0 Å². The molecular formula is C21H26N4OS2. The molecule has 0 atom stereocenters. The van der Waals surface area contributed by atoms with E-state index < -0.39 is 0 Å². The van der Waals surface area contributed by atoms with Crippen molar-refractivity contribution in [3.05, 3.63) is 32.8 Å². The molecule has 1 fully saturated rings. The Morgan fingerprint density at radius 3 is 2.75 bits per heavy atom. The molecule has 0 radical (unpaired) electrons. The molecule has 148 valence electrons. The van der Waals surface area contributed by atoms with E-state index in [2.05, 4.69) is 25.7 Å². The zero-order valence-corrected chi connectivity index (χ0v) is 18.0. The van der Waals surface area contributed by atoms with Crippen molar-refractivity contribution >= 4 is 39.2 Å². The van der Waals surface area contributed by atoms with E-state index in [1.165, 1.54) is 30.6 Å². The lowest BCUT2D eigenvalue weighted by atomic mass is 9.95. The van der Waals surface area contributed by atoms with E-state index in [4.69, 9.17) is 0 Å². The van der Waals surface area contributed by atoms with Crippen LogP contribution in [0.25, 0.3) is 16.1 Å². The fraction of sp³-hybridized carbons (Fsp3) is 0.571. The van der Waals surface area contributed by atoms with Gasteiger partial charge in [0.25, 0.3) is 0 Å². The van der Waals surface area contributed by atoms with Gasteiger partial charge in [0.2, 0.25) is 11.2 Å². The summed E-state index contributed by atoms with van der Waals surface area (Å²) >= 11 is 3.46. The third kappa shape index (κ3) is 2.94. The highest BCUT2D eigenvalue weighted by atomic mass is 32.2. The molecule has 0 aromatic carbocycles. The quantitative estimate of drug-likeness (QED) is 0.437. The number of hydrogen-bond acceptors (Lipinski definition) is 5. The molecule has 0 spiro atoms. The van der Waals surface area contributed by atoms with Crippen molar-refractivity contribution in [3.63, 3.8) is 0 Å². The number of aryl methyl sites for hydroxylation is 1. The molecule has 0 aliphatic heterocycles. The number of imidazole rings is 1. The second-order valence-electron chi connectivity index (χ2n) is 8.22. The Labute approximate surface area is 172 Å². The fourth-order valence-electron chi connectivity index (χ4n) is 4.66. The van der Waals surface area contributed by atoms with Crippen molar-refractivity contribution < 1.29 is 0 Å². The SMILES string of the molecule is C=C(C)CSc1nnc2n(C3CCCCC3)c3c(=O)c4c(sc3n12)CCCC4. The lowest BCUT2D eigenvalue weighted by Gasteiger charge is -2.24. The fourth-order valence-corrected chi connectivity index (χ4v) is 6.84. The summed E-state index contributed by atoms with van der Waals surface area (Å²) in [5.41, 5.74) is 3.30. The first-order chi connectivity index (χ1) is 13.6. The van der Waals surface area contributed by atoms with E-state index in [1.54, 1.807) is 23.1 Å². The van der Waals surface area contributed by atoms with E-state index in [-0.39, 0.29) is 5.43 Å². The lowest BCUT2D eigenvalue weighted by molar-refractivity contribution is 0.364. The molecule has 0 unspecified atom stereocenters. The molecule has 0 amide bonds. The molecule has 7 heteroatoms. The largest absolute Gasteiger partial charge is 0.301 e. The van der Waals surface area contributed by atoms with Gasteiger partial charge in [0.1, 0.15) is 10.3 Å². The highest BCUT2D eigenvalue weighted by Crippen LogP contribution is 2.37. The first-order valence-corrected chi connectivity index (χ1v) is 12.2. The van der Waals surface area contributed by atoms with Gasteiger partial charge in [-0.25, -0.2) is 4.40 Å². The first-order valence-electron chi connectivity index (χ1n) is 10.4. The predicted molar refractivity (Wildman–Crippen MR) is 117 cm³/mol. The van der Waals surface area contributed by atoms with Crippen LogP contribution in [0.1, 0.15) is 68.4 Å². The maximum absolute atomic E-state index is 13.6. The zero-order chi connectivity index (χ0) is 19.3. The van der Waals surface area contributed by atoms with Gasteiger partial charge in [-0.2, -0.15) is 0 Å². The maximum atomic E-state index is 13.6. The van der Waals surface area contributed by atoms with Crippen molar-refractivity contribution in [2.24, 2.45) is 0 Å². The second-order valence-corrected chi connectivity index (χ2v) is 10.2. The highest BCUT2D eigenvalue weighted by Gasteiger charge is 2.28. The molecule has 3 heterocycles. The number of thioether (sulfide) groups is 1. The van der Waals surface area contributed by atoms with Crippen LogP contribution < -0.4 is 5.43 Å². The monoisotopic (exact) mass is 414 g/mol. The van der Waals surface area contributed by atoms with Gasteiger partial charge in [0.15, 0.2) is 5.16 Å². The average Bonchev–Trinajstić information content (AvgIpc) is 3.26. The molecular weight excluding hydrogens is 388 g/mol. The molecule has 0 saturated heterocycles. The Hall–Kier alpha value is -1.60. The van der Waals surface area contributed by atoms with Gasteiger partial charge < -0.3 is 4.57 Å². The molecule has 2 aliphatic rings. The minimum Gasteiger partial charge on any atom is -0.301 e. The van der Waals surface area contributed by atoms with Crippen LogP contribution in [-0.4, -0.2) is 24.9 Å². The Balaban J connectivity index is 1.79. The number of rotatable bonds is 4. The van der Waals surface area contributed by atoms with Crippen LogP contribution in [0.5, 0.6) is 0 Å². The Bertz CT molecular complexity index is 1120. The molecule has 28 heavy (non-hydrogen) atoms. The van der Waals surface area contributed by atoms with Crippen LogP contribution in [0.15, 0.2) is 22.1 Å². The molecule has 0 bridgehead atoms. The number of aromatic nitrogens is 4. The molecule has 0 N–H and O–H groups in total. The van der Waals surface area contributed by atoms with E-state index in [0.717, 1.165) is 70.3 Å². The van der Waals surface area contributed by atoms with E-state index in [1.807, 2.05) is 6.92 Å². The van der Waals surface area contributed by atoms with Gasteiger partial charge in [-0.05, 0) is 45.4 Å². The van der Waals surface area contributed by atoms with Crippen molar-refractivity contribution in [1.82, 2.24) is 19.2 Å². The van der Waals surface area contributed by atoms with Gasteiger partial charge in [-0.15, -0.1) is 21.5 Å². The molecule has 5 nitrogen and oxygen atoms in total. The van der Waals surface area contributed by atoms with Crippen LogP contribution in [-0.2, 0) is 12.8 Å². The maximum Gasteiger partial charge on any atom is 0.238 e. The van der Waals surface area contributed by atoms with Crippen LogP contribution in [0.4, 0.5) is 0 Å². The zero-order valence-electron chi connectivity index (χ0n) is 16.4. The normalized spacial score (nSPS) is 18.0.